The smallest absolute Gasteiger partial charge is 0.221 e. The van der Waals surface area contributed by atoms with Gasteiger partial charge < -0.3 is 10.1 Å². The number of carbonyl (C=O) groups is 1. The zero-order valence-corrected chi connectivity index (χ0v) is 10.3. The quantitative estimate of drug-likeness (QED) is 0.745. The van der Waals surface area contributed by atoms with E-state index in [2.05, 4.69) is 17.9 Å². The number of thiol groups is 1. The maximum absolute atomic E-state index is 11.2. The molecular formula is C12H17NO2S. The van der Waals surface area contributed by atoms with Crippen LogP contribution in [0.25, 0.3) is 0 Å². The molecule has 0 spiro atoms. The highest BCUT2D eigenvalue weighted by Gasteiger charge is 1.99. The summed E-state index contributed by atoms with van der Waals surface area (Å²) in [6.07, 6.45) is 0.458. The molecule has 3 nitrogen and oxygen atoms in total. The Balaban J connectivity index is 2.40. The lowest BCUT2D eigenvalue weighted by Crippen LogP contribution is -2.22. The zero-order valence-electron chi connectivity index (χ0n) is 9.40. The lowest BCUT2D eigenvalue weighted by molar-refractivity contribution is -0.120. The lowest BCUT2D eigenvalue weighted by atomic mass is 10.2. The fraction of sp³-hybridized carbons (Fsp3) is 0.417. The van der Waals surface area contributed by atoms with Gasteiger partial charge in [-0.2, -0.15) is 12.6 Å². The molecule has 1 rings (SSSR count). The van der Waals surface area contributed by atoms with Crippen molar-refractivity contribution in [1.82, 2.24) is 5.32 Å². The Bertz CT molecular complexity index is 324. The van der Waals surface area contributed by atoms with Gasteiger partial charge in [-0.3, -0.25) is 4.79 Å². The molecule has 0 aromatic heterocycles. The molecule has 1 aromatic rings. The summed E-state index contributed by atoms with van der Waals surface area (Å²) < 4.78 is 5.33. The molecule has 0 aliphatic heterocycles. The van der Waals surface area contributed by atoms with E-state index in [0.29, 0.717) is 25.3 Å². The molecule has 4 heteroatoms. The molecule has 88 valence electrons. The van der Waals surface area contributed by atoms with Gasteiger partial charge in [-0.1, -0.05) is 12.1 Å². The van der Waals surface area contributed by atoms with Crippen molar-refractivity contribution < 1.29 is 9.53 Å². The summed E-state index contributed by atoms with van der Waals surface area (Å²) in [4.78, 5) is 11.2. The van der Waals surface area contributed by atoms with E-state index in [1.165, 1.54) is 0 Å². The number of benzene rings is 1. The maximum Gasteiger partial charge on any atom is 0.221 e. The number of rotatable bonds is 6. The zero-order chi connectivity index (χ0) is 11.8. The van der Waals surface area contributed by atoms with Crippen molar-refractivity contribution in [2.45, 2.75) is 19.9 Å². The molecule has 1 amide bonds. The molecule has 0 aliphatic carbocycles. The average Bonchev–Trinajstić information content (AvgIpc) is 2.29. The predicted octanol–water partition coefficient (Wildman–Crippen LogP) is 2.02. The van der Waals surface area contributed by atoms with Crippen LogP contribution in [-0.4, -0.2) is 18.3 Å². The Labute approximate surface area is 102 Å². The third kappa shape index (κ3) is 4.57. The van der Waals surface area contributed by atoms with Gasteiger partial charge in [0.25, 0.3) is 0 Å². The van der Waals surface area contributed by atoms with Gasteiger partial charge in [-0.05, 0) is 30.4 Å². The molecule has 0 radical (unpaired) electrons. The molecule has 16 heavy (non-hydrogen) atoms. The van der Waals surface area contributed by atoms with E-state index in [0.717, 1.165) is 11.3 Å². The fourth-order valence-electron chi connectivity index (χ4n) is 1.26. The van der Waals surface area contributed by atoms with E-state index in [9.17, 15) is 4.79 Å². The number of nitrogens with one attached hydrogen (secondary N) is 1. The van der Waals surface area contributed by atoms with E-state index in [4.69, 9.17) is 4.74 Å². The van der Waals surface area contributed by atoms with Crippen LogP contribution in [-0.2, 0) is 11.3 Å². The molecular weight excluding hydrogens is 222 g/mol. The lowest BCUT2D eigenvalue weighted by Gasteiger charge is -2.06. The molecule has 0 unspecified atom stereocenters. The Hall–Kier alpha value is -1.16. The number of hydrogen-bond acceptors (Lipinski definition) is 3. The van der Waals surface area contributed by atoms with Crippen LogP contribution < -0.4 is 10.1 Å². The minimum Gasteiger partial charge on any atom is -0.494 e. The van der Waals surface area contributed by atoms with Crippen LogP contribution >= 0.6 is 12.6 Å². The second-order valence-electron chi connectivity index (χ2n) is 3.33. The second-order valence-corrected chi connectivity index (χ2v) is 3.77. The highest BCUT2D eigenvalue weighted by Crippen LogP contribution is 2.11. The van der Waals surface area contributed by atoms with Gasteiger partial charge in [0.15, 0.2) is 0 Å². The van der Waals surface area contributed by atoms with Crippen LogP contribution in [0.15, 0.2) is 24.3 Å². The summed E-state index contributed by atoms with van der Waals surface area (Å²) in [6, 6.07) is 7.71. The first-order valence-corrected chi connectivity index (χ1v) is 5.98. The minimum atomic E-state index is 0.0314. The van der Waals surface area contributed by atoms with E-state index in [1.54, 1.807) is 0 Å². The maximum atomic E-state index is 11.2. The van der Waals surface area contributed by atoms with Crippen molar-refractivity contribution >= 4 is 18.5 Å². The minimum absolute atomic E-state index is 0.0314. The van der Waals surface area contributed by atoms with Gasteiger partial charge in [0.2, 0.25) is 5.91 Å². The SMILES string of the molecule is CCOc1ccc(CNC(=O)CCS)cc1. The first-order chi connectivity index (χ1) is 7.76. The van der Waals surface area contributed by atoms with Gasteiger partial charge in [0.1, 0.15) is 5.75 Å². The van der Waals surface area contributed by atoms with Crippen LogP contribution in [0.3, 0.4) is 0 Å². The number of ether oxygens (including phenoxy) is 1. The van der Waals surface area contributed by atoms with Crippen LogP contribution in [0.4, 0.5) is 0 Å². The molecule has 0 heterocycles. The standard InChI is InChI=1S/C12H17NO2S/c1-2-15-11-5-3-10(4-6-11)9-13-12(14)7-8-16/h3-6,16H,2,7-9H2,1H3,(H,13,14). The Morgan fingerprint density at radius 2 is 2.06 bits per heavy atom. The van der Waals surface area contributed by atoms with Crippen molar-refractivity contribution in [2.24, 2.45) is 0 Å². The second kappa shape index (κ2) is 7.17. The number of carbonyl (C=O) groups excluding carboxylic acids is 1. The molecule has 1 N–H and O–H groups in total. The molecule has 0 atom stereocenters. The Morgan fingerprint density at radius 3 is 2.62 bits per heavy atom. The van der Waals surface area contributed by atoms with Crippen molar-refractivity contribution in [2.75, 3.05) is 12.4 Å². The van der Waals surface area contributed by atoms with E-state index in [-0.39, 0.29) is 5.91 Å². The normalized spacial score (nSPS) is 9.88. The van der Waals surface area contributed by atoms with Gasteiger partial charge in [-0.25, -0.2) is 0 Å². The van der Waals surface area contributed by atoms with Crippen LogP contribution in [0.1, 0.15) is 18.9 Å². The van der Waals surface area contributed by atoms with Gasteiger partial charge in [-0.15, -0.1) is 0 Å². The summed E-state index contributed by atoms with van der Waals surface area (Å²) in [5.74, 6) is 1.46. The summed E-state index contributed by atoms with van der Waals surface area (Å²) in [5, 5.41) is 2.82. The third-order valence-corrected chi connectivity index (χ3v) is 2.29. The first-order valence-electron chi connectivity index (χ1n) is 5.35. The number of amides is 1. The van der Waals surface area contributed by atoms with E-state index >= 15 is 0 Å². The first kappa shape index (κ1) is 12.9. The molecule has 0 fully saturated rings. The highest BCUT2D eigenvalue weighted by atomic mass is 32.1. The summed E-state index contributed by atoms with van der Waals surface area (Å²) in [6.45, 7) is 3.17. The topological polar surface area (TPSA) is 38.3 Å². The van der Waals surface area contributed by atoms with Crippen LogP contribution in [0, 0.1) is 0 Å². The molecule has 0 saturated heterocycles. The van der Waals surface area contributed by atoms with E-state index in [1.807, 2.05) is 31.2 Å². The number of hydrogen-bond donors (Lipinski definition) is 2. The van der Waals surface area contributed by atoms with Crippen molar-refractivity contribution in [3.8, 4) is 5.75 Å². The van der Waals surface area contributed by atoms with Crippen LogP contribution in [0.5, 0.6) is 5.75 Å². The predicted molar refractivity (Wildman–Crippen MR) is 67.9 cm³/mol. The van der Waals surface area contributed by atoms with Gasteiger partial charge in [0.05, 0.1) is 6.61 Å². The van der Waals surface area contributed by atoms with Gasteiger partial charge >= 0.3 is 0 Å². The van der Waals surface area contributed by atoms with Crippen molar-refractivity contribution in [3.63, 3.8) is 0 Å². The van der Waals surface area contributed by atoms with Crippen molar-refractivity contribution in [3.05, 3.63) is 29.8 Å². The third-order valence-electron chi connectivity index (χ3n) is 2.06. The summed E-state index contributed by atoms with van der Waals surface area (Å²) >= 11 is 4.00. The highest BCUT2D eigenvalue weighted by molar-refractivity contribution is 7.80. The Morgan fingerprint density at radius 1 is 1.38 bits per heavy atom. The molecule has 0 bridgehead atoms. The Kier molecular flexibility index (Phi) is 5.78. The largest absolute Gasteiger partial charge is 0.494 e. The van der Waals surface area contributed by atoms with E-state index < -0.39 is 0 Å². The molecule has 1 aromatic carbocycles. The molecule has 0 saturated carbocycles. The van der Waals surface area contributed by atoms with Crippen molar-refractivity contribution in [1.29, 1.82) is 0 Å². The van der Waals surface area contributed by atoms with Gasteiger partial charge in [0, 0.05) is 13.0 Å². The summed E-state index contributed by atoms with van der Waals surface area (Å²) in [7, 11) is 0. The molecule has 0 aliphatic rings. The van der Waals surface area contributed by atoms with Crippen LogP contribution in [0.2, 0.25) is 0 Å². The monoisotopic (exact) mass is 239 g/mol. The fourth-order valence-corrected chi connectivity index (χ4v) is 1.46. The summed E-state index contributed by atoms with van der Waals surface area (Å²) in [5.41, 5.74) is 1.07. The average molecular weight is 239 g/mol.